The number of hydrogen-bond acceptors (Lipinski definition) is 4. The van der Waals surface area contributed by atoms with Crippen LogP contribution in [-0.4, -0.2) is 22.2 Å². The summed E-state index contributed by atoms with van der Waals surface area (Å²) in [5.41, 5.74) is 21.9. The first kappa shape index (κ1) is 34.4. The fourth-order valence-corrected chi connectivity index (χ4v) is 10.6. The molecule has 2 heterocycles. The number of rotatable bonds is 4. The van der Waals surface area contributed by atoms with Crippen LogP contribution in [0.3, 0.4) is 0 Å². The van der Waals surface area contributed by atoms with Crippen LogP contribution in [0.5, 0.6) is 0 Å². The van der Waals surface area contributed by atoms with Gasteiger partial charge in [-0.1, -0.05) is 152 Å². The molecule has 8 aromatic carbocycles. The number of allylic oxidation sites excluding steroid dienone is 4. The van der Waals surface area contributed by atoms with Gasteiger partial charge in [0.1, 0.15) is 0 Å². The summed E-state index contributed by atoms with van der Waals surface area (Å²) in [6.07, 6.45) is 16.2. The summed E-state index contributed by atoms with van der Waals surface area (Å²) >= 11 is 0. The smallest absolute Gasteiger partial charge is 0.0979 e. The lowest BCUT2D eigenvalue weighted by Crippen LogP contribution is -2.21. The Hall–Kier alpha value is -7.43. The second-order valence-corrected chi connectivity index (χ2v) is 16.9. The summed E-state index contributed by atoms with van der Waals surface area (Å²) in [6, 6.07) is 48.8. The van der Waals surface area contributed by atoms with E-state index >= 15 is 0 Å². The molecule has 13 rings (SSSR count). The molecule has 9 aromatic rings. The molecule has 3 aliphatic carbocycles. The highest BCUT2D eigenvalue weighted by molar-refractivity contribution is 6.23. The summed E-state index contributed by atoms with van der Waals surface area (Å²) in [6.45, 7) is 0.744. The predicted molar refractivity (Wildman–Crippen MR) is 256 cm³/mol. The quantitative estimate of drug-likeness (QED) is 0.181. The molecule has 0 bridgehead atoms. The summed E-state index contributed by atoms with van der Waals surface area (Å²) in [5, 5.41) is 11.1. The molecule has 0 radical (unpaired) electrons. The van der Waals surface area contributed by atoms with Crippen LogP contribution in [0.2, 0.25) is 0 Å². The minimum Gasteiger partial charge on any atom is -0.377 e. The van der Waals surface area contributed by atoms with Gasteiger partial charge in [0.15, 0.2) is 0 Å². The molecule has 0 saturated heterocycles. The van der Waals surface area contributed by atoms with Crippen LogP contribution in [0.15, 0.2) is 168 Å². The lowest BCUT2D eigenvalue weighted by molar-refractivity contribution is 0.996. The van der Waals surface area contributed by atoms with Gasteiger partial charge >= 0.3 is 0 Å². The van der Waals surface area contributed by atoms with Crippen molar-refractivity contribution in [3.63, 3.8) is 0 Å². The first-order valence-corrected chi connectivity index (χ1v) is 21.6. The number of benzene rings is 8. The topological polar surface area (TPSA) is 50.2 Å². The third-order valence-corrected chi connectivity index (χ3v) is 13.5. The SMILES string of the molecule is C1=Cc2c3c(c4ccccc4c2CC1)NCC(C1=CCC=C(c2ccc4c(c2)Cc2cc(-c5cccc(-c6cnc7c8ccccc8c8ccccc8c7n6)c5)ccc2-4)C1)=N3. The number of nitrogens with one attached hydrogen (secondary N) is 1. The number of nitrogens with zero attached hydrogens (tertiary/aromatic N) is 3. The van der Waals surface area contributed by atoms with E-state index in [1.165, 1.54) is 88.4 Å². The molecule has 0 atom stereocenters. The maximum atomic E-state index is 5.43. The van der Waals surface area contributed by atoms with E-state index in [1.54, 1.807) is 0 Å². The fraction of sp³-hybridized carbons (Fsp3) is 0.105. The second-order valence-electron chi connectivity index (χ2n) is 16.9. The van der Waals surface area contributed by atoms with Crippen molar-refractivity contribution in [3.05, 3.63) is 191 Å². The molecule has 1 N–H and O–H groups in total. The number of aliphatic imine (C=N–C) groups is 1. The van der Waals surface area contributed by atoms with Gasteiger partial charge < -0.3 is 5.32 Å². The summed E-state index contributed by atoms with van der Waals surface area (Å²) in [4.78, 5) is 15.7. The van der Waals surface area contributed by atoms with Crippen LogP contribution in [-0.2, 0) is 12.8 Å². The van der Waals surface area contributed by atoms with Gasteiger partial charge in [-0.3, -0.25) is 4.98 Å². The first-order valence-electron chi connectivity index (χ1n) is 21.6. The molecule has 4 heteroatoms. The monoisotopic (exact) mass is 780 g/mol. The zero-order valence-electron chi connectivity index (χ0n) is 33.7. The molecule has 0 unspecified atom stereocenters. The molecule has 0 amide bonds. The largest absolute Gasteiger partial charge is 0.377 e. The number of hydrogen-bond donors (Lipinski definition) is 1. The standard InChI is InChI=1S/C57H40N4/c1-5-19-48-44(15-1)46-17-3-7-21-50(46)56-54(48)58-32-52(60-56)38-13-9-11-34(27-38)36-23-25-42-40(29-36)31-41-30-37(24-26-43(41)42)35-12-10-14-39(28-35)53-33-59-55-49-20-6-2-16-45(49)47-18-4-8-22-51(47)57(55)61-53/h1-3,5-9,11-17,19-27,29-30,32,59H,4,10,18,28,31,33H2. The van der Waals surface area contributed by atoms with E-state index in [0.29, 0.717) is 0 Å². The van der Waals surface area contributed by atoms with Crippen molar-refractivity contribution in [2.75, 3.05) is 11.9 Å². The molecule has 61 heavy (non-hydrogen) atoms. The van der Waals surface area contributed by atoms with Gasteiger partial charge in [-0.25, -0.2) is 9.98 Å². The van der Waals surface area contributed by atoms with Crippen LogP contribution in [0.25, 0.3) is 88.5 Å². The van der Waals surface area contributed by atoms with E-state index in [4.69, 9.17) is 15.0 Å². The van der Waals surface area contributed by atoms with E-state index < -0.39 is 0 Å². The van der Waals surface area contributed by atoms with Crippen molar-refractivity contribution < 1.29 is 0 Å². The fourth-order valence-electron chi connectivity index (χ4n) is 10.6. The van der Waals surface area contributed by atoms with Crippen molar-refractivity contribution in [3.8, 4) is 33.5 Å². The average molecular weight is 781 g/mol. The Balaban J connectivity index is 0.776. The lowest BCUT2D eigenvalue weighted by atomic mass is 9.87. The van der Waals surface area contributed by atoms with Crippen LogP contribution in [0.4, 0.5) is 11.4 Å². The summed E-state index contributed by atoms with van der Waals surface area (Å²) < 4.78 is 0. The molecule has 1 aromatic heterocycles. The van der Waals surface area contributed by atoms with E-state index in [0.717, 1.165) is 83.1 Å². The minimum atomic E-state index is 0.744. The highest BCUT2D eigenvalue weighted by Gasteiger charge is 2.26. The molecule has 4 nitrogen and oxygen atoms in total. The molecule has 0 saturated carbocycles. The van der Waals surface area contributed by atoms with Gasteiger partial charge in [0.2, 0.25) is 0 Å². The number of fused-ring (bicyclic) bond motifs is 15. The van der Waals surface area contributed by atoms with Crippen LogP contribution < -0.4 is 5.32 Å². The van der Waals surface area contributed by atoms with Crippen molar-refractivity contribution in [1.82, 2.24) is 9.97 Å². The summed E-state index contributed by atoms with van der Waals surface area (Å²) in [7, 11) is 0. The summed E-state index contributed by atoms with van der Waals surface area (Å²) in [5.74, 6) is 0. The number of aromatic nitrogens is 2. The van der Waals surface area contributed by atoms with Gasteiger partial charge in [0, 0.05) is 27.3 Å². The normalized spacial score (nSPS) is 15.2. The predicted octanol–water partition coefficient (Wildman–Crippen LogP) is 14.3. The van der Waals surface area contributed by atoms with Crippen molar-refractivity contribution in [2.24, 2.45) is 4.99 Å². The van der Waals surface area contributed by atoms with Gasteiger partial charge in [0.05, 0.1) is 46.6 Å². The minimum absolute atomic E-state index is 0.744. The molecule has 0 spiro atoms. The Labute approximate surface area is 354 Å². The Morgan fingerprint density at radius 1 is 0.541 bits per heavy atom. The molecule has 288 valence electrons. The molecular formula is C57H40N4. The molecule has 4 aliphatic rings. The Morgan fingerprint density at radius 3 is 2.03 bits per heavy atom. The average Bonchev–Trinajstić information content (AvgIpc) is 3.71. The van der Waals surface area contributed by atoms with Crippen LogP contribution >= 0.6 is 0 Å². The Morgan fingerprint density at radius 2 is 1.21 bits per heavy atom. The first-order chi connectivity index (χ1) is 30.2. The highest BCUT2D eigenvalue weighted by Crippen LogP contribution is 2.46. The lowest BCUT2D eigenvalue weighted by Gasteiger charge is -2.27. The van der Waals surface area contributed by atoms with Gasteiger partial charge in [-0.15, -0.1) is 0 Å². The van der Waals surface area contributed by atoms with Gasteiger partial charge in [-0.05, 0) is 110 Å². The van der Waals surface area contributed by atoms with Crippen LogP contribution in [0, 0.1) is 0 Å². The Bertz CT molecular complexity index is 3470. The van der Waals surface area contributed by atoms with Gasteiger partial charge in [0.25, 0.3) is 0 Å². The van der Waals surface area contributed by atoms with E-state index in [-0.39, 0.29) is 0 Å². The maximum absolute atomic E-state index is 5.43. The van der Waals surface area contributed by atoms with E-state index in [2.05, 4.69) is 163 Å². The second kappa shape index (κ2) is 13.6. The number of aryl methyl sites for hydroxylation is 1. The molecule has 0 fully saturated rings. The third kappa shape index (κ3) is 5.48. The molecule has 1 aliphatic heterocycles. The van der Waals surface area contributed by atoms with Crippen LogP contribution in [0.1, 0.15) is 47.1 Å². The highest BCUT2D eigenvalue weighted by atomic mass is 15.0. The van der Waals surface area contributed by atoms with Crippen molar-refractivity contribution in [1.29, 1.82) is 0 Å². The van der Waals surface area contributed by atoms with E-state index in [9.17, 15) is 0 Å². The van der Waals surface area contributed by atoms with Crippen molar-refractivity contribution >= 4 is 72.1 Å². The zero-order chi connectivity index (χ0) is 40.0. The third-order valence-electron chi connectivity index (χ3n) is 13.5. The molecular weight excluding hydrogens is 741 g/mol. The maximum Gasteiger partial charge on any atom is 0.0979 e. The van der Waals surface area contributed by atoms with E-state index in [1.807, 2.05) is 6.20 Å². The van der Waals surface area contributed by atoms with Gasteiger partial charge in [-0.2, -0.15) is 0 Å². The van der Waals surface area contributed by atoms with Crippen molar-refractivity contribution in [2.45, 2.75) is 32.1 Å². The number of anilines is 1. The zero-order valence-corrected chi connectivity index (χ0v) is 33.7. The Kier molecular flexibility index (Phi) is 7.65.